The molecule has 1 aromatic carbocycles. The average Bonchev–Trinajstić information content (AvgIpc) is 3.33. The zero-order chi connectivity index (χ0) is 21.4. The third-order valence-electron chi connectivity index (χ3n) is 4.54. The van der Waals surface area contributed by atoms with Crippen molar-refractivity contribution >= 4 is 46.7 Å². The molecule has 0 radical (unpaired) electrons. The lowest BCUT2D eigenvalue weighted by atomic mass is 10.2. The second-order valence-corrected chi connectivity index (χ2v) is 8.07. The number of anilines is 1. The van der Waals surface area contributed by atoms with Gasteiger partial charge in [0, 0.05) is 5.92 Å². The van der Waals surface area contributed by atoms with Crippen molar-refractivity contribution in [3.8, 4) is 0 Å². The molecule has 1 amide bonds. The van der Waals surface area contributed by atoms with E-state index in [2.05, 4.69) is 20.5 Å². The standard InChI is InChI=1S/C18H15Cl3F2N6O/c19-11-4-1-9(5-12(11)20)6-28-8-24-18(27-28)25-13(30)7-29-16(10-2-3-10)14(21)15(26-29)17(22)23/h1,4-5,8,10,17H,2-3,6-7H2,(H,25,27,30). The topological polar surface area (TPSA) is 77.6 Å². The maximum Gasteiger partial charge on any atom is 0.283 e. The fraction of sp³-hybridized carbons (Fsp3) is 0.333. The summed E-state index contributed by atoms with van der Waals surface area (Å²) in [5, 5.41) is 11.4. The molecule has 1 fully saturated rings. The first-order chi connectivity index (χ1) is 14.3. The number of rotatable bonds is 7. The Morgan fingerprint density at radius 1 is 1.20 bits per heavy atom. The summed E-state index contributed by atoms with van der Waals surface area (Å²) in [7, 11) is 0. The molecule has 7 nitrogen and oxygen atoms in total. The lowest BCUT2D eigenvalue weighted by Crippen LogP contribution is -2.21. The van der Waals surface area contributed by atoms with Crippen LogP contribution in [-0.4, -0.2) is 30.5 Å². The average molecular weight is 476 g/mol. The zero-order valence-electron chi connectivity index (χ0n) is 15.3. The Balaban J connectivity index is 1.43. The van der Waals surface area contributed by atoms with Gasteiger partial charge in [-0.15, -0.1) is 5.10 Å². The van der Waals surface area contributed by atoms with Crippen LogP contribution in [0.15, 0.2) is 24.5 Å². The van der Waals surface area contributed by atoms with Crippen LogP contribution in [0.3, 0.4) is 0 Å². The molecule has 0 saturated heterocycles. The van der Waals surface area contributed by atoms with E-state index in [1.54, 1.807) is 18.2 Å². The van der Waals surface area contributed by atoms with Crippen LogP contribution in [-0.2, 0) is 17.9 Å². The summed E-state index contributed by atoms with van der Waals surface area (Å²) >= 11 is 18.0. The van der Waals surface area contributed by atoms with E-state index in [4.69, 9.17) is 34.8 Å². The van der Waals surface area contributed by atoms with Gasteiger partial charge < -0.3 is 0 Å². The molecule has 1 N–H and O–H groups in total. The van der Waals surface area contributed by atoms with Crippen LogP contribution in [0.1, 0.15) is 42.1 Å². The van der Waals surface area contributed by atoms with Crippen molar-refractivity contribution in [1.29, 1.82) is 0 Å². The van der Waals surface area contributed by atoms with Crippen LogP contribution in [0.2, 0.25) is 15.1 Å². The van der Waals surface area contributed by atoms with Crippen LogP contribution < -0.4 is 5.32 Å². The summed E-state index contributed by atoms with van der Waals surface area (Å²) < 4.78 is 29.0. The number of amides is 1. The van der Waals surface area contributed by atoms with Gasteiger partial charge in [-0.2, -0.15) is 5.10 Å². The van der Waals surface area contributed by atoms with E-state index >= 15 is 0 Å². The number of alkyl halides is 2. The molecule has 30 heavy (non-hydrogen) atoms. The van der Waals surface area contributed by atoms with Gasteiger partial charge in [-0.3, -0.25) is 14.8 Å². The third-order valence-corrected chi connectivity index (χ3v) is 5.66. The van der Waals surface area contributed by atoms with Crippen molar-refractivity contribution < 1.29 is 13.6 Å². The van der Waals surface area contributed by atoms with Gasteiger partial charge in [0.1, 0.15) is 18.6 Å². The zero-order valence-corrected chi connectivity index (χ0v) is 17.6. The number of nitrogens with one attached hydrogen (secondary N) is 1. The van der Waals surface area contributed by atoms with Gasteiger partial charge in [0.25, 0.3) is 6.43 Å². The number of hydrogen-bond donors (Lipinski definition) is 1. The number of halogens is 5. The number of nitrogens with zero attached hydrogens (tertiary/aromatic N) is 5. The summed E-state index contributed by atoms with van der Waals surface area (Å²) in [6.07, 6.45) is 0.304. The Bertz CT molecular complexity index is 1100. The fourth-order valence-corrected chi connectivity index (χ4v) is 3.73. The highest BCUT2D eigenvalue weighted by molar-refractivity contribution is 6.42. The van der Waals surface area contributed by atoms with Crippen molar-refractivity contribution in [1.82, 2.24) is 24.5 Å². The maximum absolute atomic E-state index is 13.1. The van der Waals surface area contributed by atoms with Crippen molar-refractivity contribution in [3.05, 3.63) is 56.5 Å². The predicted molar refractivity (Wildman–Crippen MR) is 108 cm³/mol. The third kappa shape index (κ3) is 4.58. The molecule has 12 heteroatoms. The number of carbonyl (C=O) groups is 1. The number of benzene rings is 1. The predicted octanol–water partition coefficient (Wildman–Crippen LogP) is 4.94. The number of hydrogen-bond acceptors (Lipinski definition) is 4. The van der Waals surface area contributed by atoms with Crippen LogP contribution >= 0.6 is 34.8 Å². The molecular formula is C18H15Cl3F2N6O. The van der Waals surface area contributed by atoms with E-state index < -0.39 is 18.0 Å². The Labute approximate surface area is 184 Å². The molecule has 2 aromatic heterocycles. The molecule has 1 aliphatic carbocycles. The molecule has 0 unspecified atom stereocenters. The molecule has 0 aliphatic heterocycles. The Hall–Kier alpha value is -2.23. The first-order valence-corrected chi connectivity index (χ1v) is 10.1. The summed E-state index contributed by atoms with van der Waals surface area (Å²) in [4.78, 5) is 16.4. The van der Waals surface area contributed by atoms with E-state index in [0.29, 0.717) is 22.3 Å². The minimum Gasteiger partial charge on any atom is -0.292 e. The van der Waals surface area contributed by atoms with Crippen LogP contribution in [0, 0.1) is 0 Å². The van der Waals surface area contributed by atoms with Gasteiger partial charge in [-0.05, 0) is 30.5 Å². The molecule has 1 aliphatic rings. The monoisotopic (exact) mass is 474 g/mol. The molecular weight excluding hydrogens is 461 g/mol. The van der Waals surface area contributed by atoms with Crippen molar-refractivity contribution in [3.63, 3.8) is 0 Å². The highest BCUT2D eigenvalue weighted by Gasteiger charge is 2.34. The van der Waals surface area contributed by atoms with E-state index in [1.807, 2.05) is 0 Å². The quantitative estimate of drug-likeness (QED) is 0.525. The van der Waals surface area contributed by atoms with E-state index in [0.717, 1.165) is 18.4 Å². The van der Waals surface area contributed by atoms with E-state index in [-0.39, 0.29) is 23.4 Å². The van der Waals surface area contributed by atoms with Gasteiger partial charge >= 0.3 is 0 Å². The molecule has 0 spiro atoms. The fourth-order valence-electron chi connectivity index (χ4n) is 3.03. The minimum absolute atomic E-state index is 0.0498. The van der Waals surface area contributed by atoms with Crippen molar-refractivity contribution in [2.75, 3.05) is 5.32 Å². The Morgan fingerprint density at radius 3 is 2.63 bits per heavy atom. The SMILES string of the molecule is O=C(Cn1nc(C(F)F)c(Cl)c1C1CC1)Nc1ncn(Cc2ccc(Cl)c(Cl)c2)n1. The van der Waals surface area contributed by atoms with E-state index in [9.17, 15) is 13.6 Å². The van der Waals surface area contributed by atoms with Crippen LogP contribution in [0.25, 0.3) is 0 Å². The summed E-state index contributed by atoms with van der Waals surface area (Å²) in [5.41, 5.74) is 0.822. The molecule has 0 bridgehead atoms. The minimum atomic E-state index is -2.81. The molecule has 1 saturated carbocycles. The largest absolute Gasteiger partial charge is 0.292 e. The lowest BCUT2D eigenvalue weighted by molar-refractivity contribution is -0.117. The molecule has 0 atom stereocenters. The first kappa shape index (κ1) is 21.0. The van der Waals surface area contributed by atoms with Gasteiger partial charge in [0.15, 0.2) is 0 Å². The molecule has 2 heterocycles. The van der Waals surface area contributed by atoms with Gasteiger partial charge in [-0.1, -0.05) is 40.9 Å². The highest BCUT2D eigenvalue weighted by atomic mass is 35.5. The summed E-state index contributed by atoms with van der Waals surface area (Å²) in [6.45, 7) is 0.109. The normalized spacial score (nSPS) is 13.8. The van der Waals surface area contributed by atoms with Crippen molar-refractivity contribution in [2.45, 2.75) is 38.3 Å². The van der Waals surface area contributed by atoms with Gasteiger partial charge in [-0.25, -0.2) is 18.4 Å². The van der Waals surface area contributed by atoms with E-state index in [1.165, 1.54) is 15.7 Å². The smallest absolute Gasteiger partial charge is 0.283 e. The Morgan fingerprint density at radius 2 is 1.97 bits per heavy atom. The maximum atomic E-state index is 13.1. The lowest BCUT2D eigenvalue weighted by Gasteiger charge is -2.06. The van der Waals surface area contributed by atoms with Gasteiger partial charge in [0.05, 0.1) is 27.3 Å². The number of carbonyl (C=O) groups excluding carboxylic acids is 1. The first-order valence-electron chi connectivity index (χ1n) is 8.99. The molecule has 158 valence electrons. The summed E-state index contributed by atoms with van der Waals surface area (Å²) in [5.74, 6) is -0.363. The van der Waals surface area contributed by atoms with Crippen LogP contribution in [0.5, 0.6) is 0 Å². The second kappa shape index (κ2) is 8.49. The summed E-state index contributed by atoms with van der Waals surface area (Å²) in [6, 6.07) is 5.19. The Kier molecular flexibility index (Phi) is 5.95. The number of aromatic nitrogens is 5. The highest BCUT2D eigenvalue weighted by Crippen LogP contribution is 2.45. The molecule has 4 rings (SSSR count). The van der Waals surface area contributed by atoms with Gasteiger partial charge in [0.2, 0.25) is 11.9 Å². The molecule has 3 aromatic rings. The second-order valence-electron chi connectivity index (χ2n) is 6.88. The van der Waals surface area contributed by atoms with Crippen molar-refractivity contribution in [2.24, 2.45) is 0 Å². The van der Waals surface area contributed by atoms with Crippen LogP contribution in [0.4, 0.5) is 14.7 Å².